The highest BCUT2D eigenvalue weighted by molar-refractivity contribution is 5.96. The molecule has 13 nitrogen and oxygen atoms in total. The van der Waals surface area contributed by atoms with Crippen LogP contribution >= 0.6 is 0 Å². The maximum atomic E-state index is 12.4. The lowest BCUT2D eigenvalue weighted by Crippen LogP contribution is -2.56. The van der Waals surface area contributed by atoms with Gasteiger partial charge in [-0.15, -0.1) is 0 Å². The molecule has 7 N–H and O–H groups in total. The van der Waals surface area contributed by atoms with Gasteiger partial charge in [-0.25, -0.2) is 4.79 Å². The van der Waals surface area contributed by atoms with Crippen LogP contribution in [-0.4, -0.2) is 87.1 Å². The predicted octanol–water partition coefficient (Wildman–Crippen LogP) is -3.06. The number of carbonyl (C=O) groups is 6. The Bertz CT molecular complexity index is 666. The summed E-state index contributed by atoms with van der Waals surface area (Å²) in [6.45, 7) is -0.0398. The molecule has 0 aromatic carbocycles. The molecule has 13 heteroatoms. The third-order valence-corrected chi connectivity index (χ3v) is 4.06. The van der Waals surface area contributed by atoms with E-state index in [1.54, 1.807) is 0 Å². The monoisotopic (exact) mass is 402 g/mol. The van der Waals surface area contributed by atoms with Crippen LogP contribution in [0.15, 0.2) is 0 Å². The molecular formula is C15H22N4O9. The molecule has 0 bridgehead atoms. The highest BCUT2D eigenvalue weighted by atomic mass is 16.4. The Morgan fingerprint density at radius 2 is 1.54 bits per heavy atom. The first-order valence-electron chi connectivity index (χ1n) is 8.33. The third-order valence-electron chi connectivity index (χ3n) is 4.06. The van der Waals surface area contributed by atoms with Crippen molar-refractivity contribution in [1.82, 2.24) is 15.5 Å². The molecule has 1 aliphatic heterocycles. The molecule has 0 saturated carbocycles. The lowest BCUT2D eigenvalue weighted by Gasteiger charge is -2.26. The average Bonchev–Trinajstić information content (AvgIpc) is 3.08. The molecule has 156 valence electrons. The van der Waals surface area contributed by atoms with E-state index in [1.165, 1.54) is 4.90 Å². The minimum Gasteiger partial charge on any atom is -0.481 e. The topological polar surface area (TPSA) is 216 Å². The quantitative estimate of drug-likeness (QED) is 0.217. The van der Waals surface area contributed by atoms with Crippen LogP contribution in [0.5, 0.6) is 0 Å². The smallest absolute Gasteiger partial charge is 0.326 e. The lowest BCUT2D eigenvalue weighted by atomic mass is 10.1. The molecule has 3 atom stereocenters. The van der Waals surface area contributed by atoms with Crippen molar-refractivity contribution in [3.63, 3.8) is 0 Å². The summed E-state index contributed by atoms with van der Waals surface area (Å²) < 4.78 is 0. The Morgan fingerprint density at radius 3 is 2.04 bits per heavy atom. The Labute approximate surface area is 158 Å². The number of carbonyl (C=O) groups excluding carboxylic acids is 3. The van der Waals surface area contributed by atoms with Gasteiger partial charge in [0.15, 0.2) is 0 Å². The second kappa shape index (κ2) is 10.2. The van der Waals surface area contributed by atoms with Crippen molar-refractivity contribution in [2.24, 2.45) is 5.73 Å². The fourth-order valence-electron chi connectivity index (χ4n) is 2.75. The van der Waals surface area contributed by atoms with Gasteiger partial charge in [0, 0.05) is 6.54 Å². The Balaban J connectivity index is 2.89. The van der Waals surface area contributed by atoms with Crippen LogP contribution in [0.4, 0.5) is 0 Å². The zero-order valence-corrected chi connectivity index (χ0v) is 14.8. The zero-order chi connectivity index (χ0) is 21.4. The number of hydrogen-bond donors (Lipinski definition) is 6. The standard InChI is InChI=1S/C15H22N4O9/c16-6-10(20)19-3-1-2-9(19)14(26)17-7(4-11(21)22)13(25)18-8(15(27)28)5-12(23)24/h7-9H,1-6,16H2,(H,17,26)(H,18,25)(H,21,22)(H,23,24)(H,27,28). The normalized spacial score (nSPS) is 18.0. The van der Waals surface area contributed by atoms with Crippen molar-refractivity contribution in [3.8, 4) is 0 Å². The molecule has 0 radical (unpaired) electrons. The van der Waals surface area contributed by atoms with Gasteiger partial charge in [-0.3, -0.25) is 24.0 Å². The maximum Gasteiger partial charge on any atom is 0.326 e. The summed E-state index contributed by atoms with van der Waals surface area (Å²) in [7, 11) is 0. The molecule has 3 amide bonds. The number of nitrogens with zero attached hydrogens (tertiary/aromatic N) is 1. The number of likely N-dealkylation sites (tertiary alicyclic amines) is 1. The molecule has 28 heavy (non-hydrogen) atoms. The minimum absolute atomic E-state index is 0.281. The van der Waals surface area contributed by atoms with E-state index in [0.29, 0.717) is 6.42 Å². The summed E-state index contributed by atoms with van der Waals surface area (Å²) >= 11 is 0. The third kappa shape index (κ3) is 6.50. The van der Waals surface area contributed by atoms with Crippen molar-refractivity contribution in [2.75, 3.05) is 13.1 Å². The van der Waals surface area contributed by atoms with E-state index in [1.807, 2.05) is 5.32 Å². The first-order valence-corrected chi connectivity index (χ1v) is 8.33. The van der Waals surface area contributed by atoms with Crippen molar-refractivity contribution in [2.45, 2.75) is 43.8 Å². The van der Waals surface area contributed by atoms with Crippen LogP contribution in [0.1, 0.15) is 25.7 Å². The van der Waals surface area contributed by atoms with E-state index in [0.717, 1.165) is 0 Å². The Morgan fingerprint density at radius 1 is 0.964 bits per heavy atom. The summed E-state index contributed by atoms with van der Waals surface area (Å²) in [6.07, 6.45) is -1.00. The van der Waals surface area contributed by atoms with Crippen molar-refractivity contribution in [1.29, 1.82) is 0 Å². The fraction of sp³-hybridized carbons (Fsp3) is 0.600. The molecule has 0 aromatic rings. The minimum atomic E-state index is -1.81. The highest BCUT2D eigenvalue weighted by Crippen LogP contribution is 2.17. The summed E-state index contributed by atoms with van der Waals surface area (Å²) in [5.41, 5.74) is 5.28. The Hall–Kier alpha value is -3.22. The van der Waals surface area contributed by atoms with Crippen LogP contribution in [0.25, 0.3) is 0 Å². The molecule has 0 aliphatic carbocycles. The SMILES string of the molecule is NCC(=O)N1CCCC1C(=O)NC(CC(=O)O)C(=O)NC(CC(=O)O)C(=O)O. The maximum absolute atomic E-state index is 12.4. The molecule has 0 aromatic heterocycles. The number of aliphatic carboxylic acids is 3. The summed E-state index contributed by atoms with van der Waals surface area (Å²) in [4.78, 5) is 70.5. The van der Waals surface area contributed by atoms with Crippen LogP contribution in [0.2, 0.25) is 0 Å². The van der Waals surface area contributed by atoms with Gasteiger partial charge >= 0.3 is 17.9 Å². The van der Waals surface area contributed by atoms with Gasteiger partial charge in [-0.2, -0.15) is 0 Å². The van der Waals surface area contributed by atoms with Gasteiger partial charge in [-0.1, -0.05) is 0 Å². The van der Waals surface area contributed by atoms with Gasteiger partial charge in [0.1, 0.15) is 18.1 Å². The van der Waals surface area contributed by atoms with Gasteiger partial charge in [0.2, 0.25) is 17.7 Å². The summed E-state index contributed by atoms with van der Waals surface area (Å²) in [5.74, 6) is -7.01. The highest BCUT2D eigenvalue weighted by Gasteiger charge is 2.36. The number of carboxylic acid groups (broad SMARTS) is 3. The number of amides is 3. The molecule has 0 spiro atoms. The molecular weight excluding hydrogens is 380 g/mol. The van der Waals surface area contributed by atoms with Crippen molar-refractivity contribution < 1.29 is 44.1 Å². The number of hydrogen-bond acceptors (Lipinski definition) is 7. The molecule has 1 fully saturated rings. The van der Waals surface area contributed by atoms with Gasteiger partial charge < -0.3 is 36.6 Å². The van der Waals surface area contributed by atoms with Crippen LogP contribution in [-0.2, 0) is 28.8 Å². The molecule has 1 aliphatic rings. The van der Waals surface area contributed by atoms with Crippen LogP contribution < -0.4 is 16.4 Å². The fourth-order valence-corrected chi connectivity index (χ4v) is 2.75. The van der Waals surface area contributed by atoms with Crippen molar-refractivity contribution >= 4 is 35.6 Å². The second-order valence-corrected chi connectivity index (χ2v) is 6.11. The summed E-state index contributed by atoms with van der Waals surface area (Å²) in [6, 6.07) is -4.40. The van der Waals surface area contributed by atoms with E-state index < -0.39 is 66.6 Å². The van der Waals surface area contributed by atoms with E-state index >= 15 is 0 Å². The molecule has 3 unspecified atom stereocenters. The van der Waals surface area contributed by atoms with Gasteiger partial charge in [-0.05, 0) is 12.8 Å². The molecule has 1 heterocycles. The van der Waals surface area contributed by atoms with Gasteiger partial charge in [0.05, 0.1) is 19.4 Å². The number of nitrogens with one attached hydrogen (secondary N) is 2. The number of nitrogens with two attached hydrogens (primary N) is 1. The van der Waals surface area contributed by atoms with Crippen LogP contribution in [0, 0.1) is 0 Å². The number of rotatable bonds is 10. The first kappa shape index (κ1) is 22.8. The zero-order valence-electron chi connectivity index (χ0n) is 14.8. The second-order valence-electron chi connectivity index (χ2n) is 6.11. The largest absolute Gasteiger partial charge is 0.481 e. The lowest BCUT2D eigenvalue weighted by molar-refractivity contribution is -0.148. The van der Waals surface area contributed by atoms with E-state index in [2.05, 4.69) is 5.32 Å². The van der Waals surface area contributed by atoms with Gasteiger partial charge in [0.25, 0.3) is 0 Å². The van der Waals surface area contributed by atoms with Crippen molar-refractivity contribution in [3.05, 3.63) is 0 Å². The average molecular weight is 402 g/mol. The molecule has 1 saturated heterocycles. The predicted molar refractivity (Wildman–Crippen MR) is 89.8 cm³/mol. The summed E-state index contributed by atoms with van der Waals surface area (Å²) in [5, 5.41) is 30.7. The number of carboxylic acids is 3. The Kier molecular flexibility index (Phi) is 8.31. The first-order chi connectivity index (χ1) is 13.1. The molecule has 1 rings (SSSR count). The van der Waals surface area contributed by atoms with E-state index in [-0.39, 0.29) is 19.5 Å². The van der Waals surface area contributed by atoms with Crippen LogP contribution in [0.3, 0.4) is 0 Å². The van der Waals surface area contributed by atoms with E-state index in [4.69, 9.17) is 21.1 Å². The van der Waals surface area contributed by atoms with E-state index in [9.17, 15) is 28.8 Å².